The van der Waals surface area contributed by atoms with Crippen molar-refractivity contribution < 1.29 is 9.50 Å². The quantitative estimate of drug-likeness (QED) is 0.689. The fourth-order valence-electron chi connectivity index (χ4n) is 1.99. The second kappa shape index (κ2) is 3.73. The van der Waals surface area contributed by atoms with E-state index in [0.717, 1.165) is 0 Å². The molecule has 1 heterocycles. The molecular formula is C13H9FN2O2. The van der Waals surface area contributed by atoms with E-state index >= 15 is 0 Å². The zero-order valence-corrected chi connectivity index (χ0v) is 9.22. The number of benzene rings is 2. The molecule has 4 nitrogen and oxygen atoms in total. The van der Waals surface area contributed by atoms with Gasteiger partial charge in [-0.3, -0.25) is 4.57 Å². The minimum Gasteiger partial charge on any atom is -0.506 e. The molecule has 2 N–H and O–H groups in total. The highest BCUT2D eigenvalue weighted by atomic mass is 19.1. The molecule has 2 aromatic carbocycles. The van der Waals surface area contributed by atoms with Crippen LogP contribution in [0, 0.1) is 5.82 Å². The maximum Gasteiger partial charge on any atom is 0.331 e. The Bertz CT molecular complexity index is 789. The van der Waals surface area contributed by atoms with Crippen LogP contribution in [-0.4, -0.2) is 14.7 Å². The second-order valence-corrected chi connectivity index (χ2v) is 3.89. The lowest BCUT2D eigenvalue weighted by Gasteiger charge is -2.04. The number of para-hydroxylation sites is 2. The molecule has 0 saturated heterocycles. The molecule has 0 aliphatic carbocycles. The number of fused-ring (bicyclic) bond motifs is 1. The van der Waals surface area contributed by atoms with Crippen molar-refractivity contribution in [1.82, 2.24) is 9.55 Å². The van der Waals surface area contributed by atoms with Crippen LogP contribution in [0.3, 0.4) is 0 Å². The Morgan fingerprint density at radius 3 is 2.67 bits per heavy atom. The number of H-pyrrole nitrogens is 1. The zero-order chi connectivity index (χ0) is 12.7. The van der Waals surface area contributed by atoms with Crippen molar-refractivity contribution in [3.8, 4) is 11.4 Å². The van der Waals surface area contributed by atoms with Gasteiger partial charge in [0.2, 0.25) is 0 Å². The number of halogens is 1. The average Bonchev–Trinajstić information content (AvgIpc) is 2.68. The van der Waals surface area contributed by atoms with E-state index in [2.05, 4.69) is 4.98 Å². The fraction of sp³-hybridized carbons (Fsp3) is 0. The minimum atomic E-state index is -0.496. The van der Waals surface area contributed by atoms with Gasteiger partial charge in [0.05, 0.1) is 11.2 Å². The molecule has 0 atom stereocenters. The van der Waals surface area contributed by atoms with Gasteiger partial charge in [0, 0.05) is 0 Å². The van der Waals surface area contributed by atoms with Crippen LogP contribution in [0.5, 0.6) is 5.75 Å². The van der Waals surface area contributed by atoms with E-state index < -0.39 is 11.5 Å². The molecule has 3 rings (SSSR count). The van der Waals surface area contributed by atoms with E-state index in [9.17, 15) is 14.3 Å². The molecule has 0 unspecified atom stereocenters. The molecule has 0 amide bonds. The predicted octanol–water partition coefficient (Wildman–Crippen LogP) is 2.16. The van der Waals surface area contributed by atoms with Crippen LogP contribution in [-0.2, 0) is 0 Å². The van der Waals surface area contributed by atoms with Crippen molar-refractivity contribution in [2.75, 3.05) is 0 Å². The van der Waals surface area contributed by atoms with E-state index in [0.29, 0.717) is 11.0 Å². The van der Waals surface area contributed by atoms with Crippen LogP contribution >= 0.6 is 0 Å². The number of phenolic OH excluding ortho intramolecular Hbond substituents is 1. The minimum absolute atomic E-state index is 0.0420. The molecule has 90 valence electrons. The molecule has 1 aromatic heterocycles. The van der Waals surface area contributed by atoms with E-state index in [1.54, 1.807) is 24.3 Å². The summed E-state index contributed by atoms with van der Waals surface area (Å²) in [6.45, 7) is 0. The molecule has 3 aromatic rings. The third-order valence-electron chi connectivity index (χ3n) is 2.79. The summed E-state index contributed by atoms with van der Waals surface area (Å²) in [6, 6.07) is 10.7. The van der Waals surface area contributed by atoms with Gasteiger partial charge in [0.15, 0.2) is 0 Å². The molecule has 18 heavy (non-hydrogen) atoms. The van der Waals surface area contributed by atoms with Crippen molar-refractivity contribution in [1.29, 1.82) is 0 Å². The SMILES string of the molecule is O=c1[nH]c2c(O)cccc2n1-c1ccccc1F. The third kappa shape index (κ3) is 1.41. The van der Waals surface area contributed by atoms with Crippen LogP contribution < -0.4 is 5.69 Å². The Labute approximate surface area is 101 Å². The Hall–Kier alpha value is -2.56. The summed E-state index contributed by atoms with van der Waals surface area (Å²) in [4.78, 5) is 14.4. The number of rotatable bonds is 1. The summed E-state index contributed by atoms with van der Waals surface area (Å²) < 4.78 is 14.9. The van der Waals surface area contributed by atoms with E-state index in [1.165, 1.54) is 22.8 Å². The largest absolute Gasteiger partial charge is 0.506 e. The maximum atomic E-state index is 13.7. The van der Waals surface area contributed by atoms with Gasteiger partial charge >= 0.3 is 5.69 Å². The first-order valence-electron chi connectivity index (χ1n) is 5.36. The summed E-state index contributed by atoms with van der Waals surface area (Å²) in [6.07, 6.45) is 0. The van der Waals surface area contributed by atoms with Crippen LogP contribution in [0.2, 0.25) is 0 Å². The summed E-state index contributed by atoms with van der Waals surface area (Å²) in [7, 11) is 0. The highest BCUT2D eigenvalue weighted by molar-refractivity contribution is 5.83. The summed E-state index contributed by atoms with van der Waals surface area (Å²) in [5.74, 6) is -0.538. The first-order valence-corrected chi connectivity index (χ1v) is 5.36. The zero-order valence-electron chi connectivity index (χ0n) is 9.22. The average molecular weight is 244 g/mol. The lowest BCUT2D eigenvalue weighted by molar-refractivity contribution is 0.480. The van der Waals surface area contributed by atoms with Gasteiger partial charge in [-0.25, -0.2) is 9.18 Å². The highest BCUT2D eigenvalue weighted by Gasteiger charge is 2.13. The number of hydrogen-bond acceptors (Lipinski definition) is 2. The number of phenols is 1. The normalized spacial score (nSPS) is 10.9. The number of imidazole rings is 1. The molecular weight excluding hydrogens is 235 g/mol. The van der Waals surface area contributed by atoms with Crippen LogP contribution in [0.25, 0.3) is 16.7 Å². The number of aromatic hydroxyl groups is 1. The van der Waals surface area contributed by atoms with Crippen molar-refractivity contribution in [3.05, 3.63) is 58.8 Å². The molecule has 0 aliphatic heterocycles. The van der Waals surface area contributed by atoms with E-state index in [1.807, 2.05) is 0 Å². The lowest BCUT2D eigenvalue weighted by Crippen LogP contribution is -2.15. The fourth-order valence-corrected chi connectivity index (χ4v) is 1.99. The summed E-state index contributed by atoms with van der Waals surface area (Å²) in [5.41, 5.74) is 0.395. The molecule has 0 spiro atoms. The van der Waals surface area contributed by atoms with Gasteiger partial charge in [-0.05, 0) is 24.3 Å². The Balaban J connectivity index is 2.44. The van der Waals surface area contributed by atoms with Gasteiger partial charge in [-0.15, -0.1) is 0 Å². The molecule has 0 bridgehead atoms. The predicted molar refractivity (Wildman–Crippen MR) is 65.5 cm³/mol. The molecule has 0 fully saturated rings. The van der Waals surface area contributed by atoms with Crippen molar-refractivity contribution in [2.24, 2.45) is 0 Å². The Morgan fingerprint density at radius 1 is 1.11 bits per heavy atom. The standard InChI is InChI=1S/C13H9FN2O2/c14-8-4-1-2-5-9(8)16-10-6-3-7-11(17)12(10)15-13(16)18/h1-7,17H,(H,15,18). The first kappa shape index (κ1) is 10.6. The number of nitrogens with one attached hydrogen (secondary N) is 1. The van der Waals surface area contributed by atoms with E-state index in [4.69, 9.17) is 0 Å². The lowest BCUT2D eigenvalue weighted by atomic mass is 10.2. The molecule has 0 saturated carbocycles. The van der Waals surface area contributed by atoms with Crippen LogP contribution in [0.15, 0.2) is 47.3 Å². The van der Waals surface area contributed by atoms with E-state index in [-0.39, 0.29) is 11.4 Å². The monoisotopic (exact) mass is 244 g/mol. The topological polar surface area (TPSA) is 58.0 Å². The number of aromatic amines is 1. The molecule has 5 heteroatoms. The molecule has 0 radical (unpaired) electrons. The van der Waals surface area contributed by atoms with Gasteiger partial charge in [0.25, 0.3) is 0 Å². The number of aromatic nitrogens is 2. The van der Waals surface area contributed by atoms with Crippen LogP contribution in [0.1, 0.15) is 0 Å². The summed E-state index contributed by atoms with van der Waals surface area (Å²) in [5, 5.41) is 9.65. The van der Waals surface area contributed by atoms with Gasteiger partial charge in [-0.1, -0.05) is 18.2 Å². The van der Waals surface area contributed by atoms with Crippen LogP contribution in [0.4, 0.5) is 4.39 Å². The first-order chi connectivity index (χ1) is 8.68. The highest BCUT2D eigenvalue weighted by Crippen LogP contribution is 2.23. The smallest absolute Gasteiger partial charge is 0.331 e. The van der Waals surface area contributed by atoms with Crippen molar-refractivity contribution in [2.45, 2.75) is 0 Å². The second-order valence-electron chi connectivity index (χ2n) is 3.89. The Morgan fingerprint density at radius 2 is 1.89 bits per heavy atom. The number of hydrogen-bond donors (Lipinski definition) is 2. The number of nitrogens with zero attached hydrogens (tertiary/aromatic N) is 1. The summed E-state index contributed by atoms with van der Waals surface area (Å²) >= 11 is 0. The van der Waals surface area contributed by atoms with Gasteiger partial charge < -0.3 is 10.1 Å². The van der Waals surface area contributed by atoms with Crippen molar-refractivity contribution in [3.63, 3.8) is 0 Å². The third-order valence-corrected chi connectivity index (χ3v) is 2.79. The maximum absolute atomic E-state index is 13.7. The van der Waals surface area contributed by atoms with Gasteiger partial charge in [-0.2, -0.15) is 0 Å². The van der Waals surface area contributed by atoms with Crippen molar-refractivity contribution >= 4 is 11.0 Å². The van der Waals surface area contributed by atoms with Gasteiger partial charge in [0.1, 0.15) is 17.1 Å². The Kier molecular flexibility index (Phi) is 2.19. The molecule has 0 aliphatic rings.